The topological polar surface area (TPSA) is 63.8 Å². The van der Waals surface area contributed by atoms with Crippen LogP contribution in [-0.4, -0.2) is 25.3 Å². The van der Waals surface area contributed by atoms with Gasteiger partial charge in [0.15, 0.2) is 5.82 Å². The highest BCUT2D eigenvalue weighted by molar-refractivity contribution is 5.36. The molecule has 0 radical (unpaired) electrons. The minimum atomic E-state index is -0.555. The summed E-state index contributed by atoms with van der Waals surface area (Å²) in [6, 6.07) is 6.25. The molecule has 0 spiro atoms. The van der Waals surface area contributed by atoms with Crippen LogP contribution in [0.2, 0.25) is 0 Å². The molecule has 5 heteroatoms. The Morgan fingerprint density at radius 3 is 2.94 bits per heavy atom. The van der Waals surface area contributed by atoms with Gasteiger partial charge in [-0.3, -0.25) is 0 Å². The lowest BCUT2D eigenvalue weighted by Gasteiger charge is -2.10. The Balaban J connectivity index is 1.78. The highest BCUT2D eigenvalue weighted by Gasteiger charge is 2.16. The van der Waals surface area contributed by atoms with E-state index in [1.165, 1.54) is 22.3 Å². The van der Waals surface area contributed by atoms with Gasteiger partial charge in [-0.1, -0.05) is 18.2 Å². The van der Waals surface area contributed by atoms with Crippen molar-refractivity contribution in [2.24, 2.45) is 7.05 Å². The maximum absolute atomic E-state index is 10.2. The summed E-state index contributed by atoms with van der Waals surface area (Å²) >= 11 is 0. The van der Waals surface area contributed by atoms with E-state index in [9.17, 15) is 5.11 Å². The molecule has 1 aromatic carbocycles. The Morgan fingerprint density at radius 2 is 2.17 bits per heavy atom. The zero-order valence-electron chi connectivity index (χ0n) is 10.4. The molecule has 3 rings (SSSR count). The summed E-state index contributed by atoms with van der Waals surface area (Å²) in [4.78, 5) is 1.41. The van der Waals surface area contributed by atoms with E-state index >= 15 is 0 Å². The van der Waals surface area contributed by atoms with E-state index < -0.39 is 6.10 Å². The van der Waals surface area contributed by atoms with Gasteiger partial charge in [0, 0.05) is 6.42 Å². The molecule has 0 bridgehead atoms. The molecule has 1 aromatic heterocycles. The number of fused-ring (bicyclic) bond motifs is 1. The van der Waals surface area contributed by atoms with Crippen molar-refractivity contribution in [3.63, 3.8) is 0 Å². The molecule has 0 saturated heterocycles. The number of benzene rings is 1. The predicted octanol–water partition coefficient (Wildman–Crippen LogP) is 0.975. The van der Waals surface area contributed by atoms with Crippen molar-refractivity contribution in [1.82, 2.24) is 20.2 Å². The average molecular weight is 244 g/mol. The number of nitrogens with zero attached hydrogens (tertiary/aromatic N) is 4. The van der Waals surface area contributed by atoms with E-state index in [1.807, 2.05) is 6.07 Å². The molecule has 94 valence electrons. The van der Waals surface area contributed by atoms with Gasteiger partial charge in [-0.25, -0.2) is 0 Å². The molecule has 5 nitrogen and oxygen atoms in total. The number of hydrogen-bond acceptors (Lipinski definition) is 4. The average Bonchev–Trinajstić information content (AvgIpc) is 2.96. The molecule has 0 amide bonds. The van der Waals surface area contributed by atoms with Gasteiger partial charge in [0.1, 0.15) is 0 Å². The van der Waals surface area contributed by atoms with Gasteiger partial charge in [0.05, 0.1) is 13.2 Å². The van der Waals surface area contributed by atoms with Gasteiger partial charge in [-0.05, 0) is 41.2 Å². The molecule has 1 aliphatic rings. The summed E-state index contributed by atoms with van der Waals surface area (Å²) in [7, 11) is 1.72. The molecule has 1 atom stereocenters. The van der Waals surface area contributed by atoms with Crippen molar-refractivity contribution in [3.8, 4) is 0 Å². The first kappa shape index (κ1) is 11.3. The fraction of sp³-hybridized carbons (Fsp3) is 0.462. The Hall–Kier alpha value is -1.75. The number of tetrazole rings is 1. The molecule has 1 aliphatic carbocycles. The van der Waals surface area contributed by atoms with E-state index in [-0.39, 0.29) is 0 Å². The van der Waals surface area contributed by atoms with Gasteiger partial charge in [0.25, 0.3) is 0 Å². The number of aryl methyl sites for hydroxylation is 3. The van der Waals surface area contributed by atoms with Gasteiger partial charge in [-0.15, -0.1) is 10.2 Å². The van der Waals surface area contributed by atoms with Crippen molar-refractivity contribution in [3.05, 3.63) is 40.7 Å². The van der Waals surface area contributed by atoms with Crippen LogP contribution < -0.4 is 0 Å². The van der Waals surface area contributed by atoms with E-state index in [1.54, 1.807) is 7.05 Å². The molecule has 1 N–H and O–H groups in total. The van der Waals surface area contributed by atoms with Crippen molar-refractivity contribution < 1.29 is 5.11 Å². The maximum atomic E-state index is 10.2. The number of aromatic nitrogens is 4. The van der Waals surface area contributed by atoms with Crippen molar-refractivity contribution in [2.45, 2.75) is 31.8 Å². The first-order valence-corrected chi connectivity index (χ1v) is 6.25. The van der Waals surface area contributed by atoms with E-state index in [0.717, 1.165) is 18.4 Å². The molecule has 1 heterocycles. The van der Waals surface area contributed by atoms with E-state index in [4.69, 9.17) is 0 Å². The monoisotopic (exact) mass is 244 g/mol. The highest BCUT2D eigenvalue weighted by atomic mass is 16.3. The molecule has 0 saturated carbocycles. The van der Waals surface area contributed by atoms with Crippen LogP contribution in [0.4, 0.5) is 0 Å². The van der Waals surface area contributed by atoms with Gasteiger partial charge in [-0.2, -0.15) is 4.80 Å². The Bertz CT molecular complexity index is 564. The highest BCUT2D eigenvalue weighted by Crippen LogP contribution is 2.26. The van der Waals surface area contributed by atoms with Crippen LogP contribution in [0.15, 0.2) is 18.2 Å². The van der Waals surface area contributed by atoms with E-state index in [0.29, 0.717) is 12.2 Å². The van der Waals surface area contributed by atoms with Crippen LogP contribution in [0.3, 0.4) is 0 Å². The van der Waals surface area contributed by atoms with Gasteiger partial charge in [0.2, 0.25) is 0 Å². The quantitative estimate of drug-likeness (QED) is 0.874. The summed E-state index contributed by atoms with van der Waals surface area (Å²) in [5.41, 5.74) is 3.74. The lowest BCUT2D eigenvalue weighted by atomic mass is 10.0. The standard InChI is InChI=1S/C13H16N4O/c1-17-15-13(14-16-17)8-12(18)11-6-5-9-3-2-4-10(9)7-11/h5-7,12,18H,2-4,8H2,1H3. The molecule has 0 fully saturated rings. The zero-order chi connectivity index (χ0) is 12.5. The first-order chi connectivity index (χ1) is 8.72. The van der Waals surface area contributed by atoms with Crippen LogP contribution in [0.5, 0.6) is 0 Å². The molecule has 18 heavy (non-hydrogen) atoms. The Labute approximate surface area is 105 Å². The van der Waals surface area contributed by atoms with Crippen LogP contribution in [0, 0.1) is 0 Å². The fourth-order valence-electron chi connectivity index (χ4n) is 2.49. The van der Waals surface area contributed by atoms with Gasteiger partial charge >= 0.3 is 0 Å². The second-order valence-electron chi connectivity index (χ2n) is 4.80. The Kier molecular flexibility index (Phi) is 2.83. The minimum absolute atomic E-state index is 0.409. The second kappa shape index (κ2) is 4.49. The molecular formula is C13H16N4O. The fourth-order valence-corrected chi connectivity index (χ4v) is 2.49. The summed E-state index contributed by atoms with van der Waals surface area (Å²) in [5.74, 6) is 0.575. The third kappa shape index (κ3) is 2.13. The summed E-state index contributed by atoms with van der Waals surface area (Å²) in [5, 5.41) is 21.9. The first-order valence-electron chi connectivity index (χ1n) is 6.25. The Morgan fingerprint density at radius 1 is 1.33 bits per heavy atom. The minimum Gasteiger partial charge on any atom is -0.388 e. The summed E-state index contributed by atoms with van der Waals surface area (Å²) in [6.07, 6.45) is 3.37. The maximum Gasteiger partial charge on any atom is 0.177 e. The molecule has 0 aliphatic heterocycles. The number of aliphatic hydroxyl groups is 1. The second-order valence-corrected chi connectivity index (χ2v) is 4.80. The third-order valence-corrected chi connectivity index (χ3v) is 3.43. The summed E-state index contributed by atoms with van der Waals surface area (Å²) < 4.78 is 0. The molecule has 1 unspecified atom stereocenters. The van der Waals surface area contributed by atoms with Crippen molar-refractivity contribution in [2.75, 3.05) is 0 Å². The van der Waals surface area contributed by atoms with Crippen LogP contribution in [0.25, 0.3) is 0 Å². The predicted molar refractivity (Wildman–Crippen MR) is 65.9 cm³/mol. The smallest absolute Gasteiger partial charge is 0.177 e. The lowest BCUT2D eigenvalue weighted by Crippen LogP contribution is -2.04. The number of rotatable bonds is 3. The van der Waals surface area contributed by atoms with Crippen LogP contribution in [0.1, 0.15) is 35.0 Å². The number of aliphatic hydroxyl groups excluding tert-OH is 1. The normalized spacial score (nSPS) is 15.7. The SMILES string of the molecule is Cn1nnc(CC(O)c2ccc3c(c2)CCC3)n1. The summed E-state index contributed by atoms with van der Waals surface area (Å²) in [6.45, 7) is 0. The molecular weight excluding hydrogens is 228 g/mol. The molecule has 2 aromatic rings. The zero-order valence-corrected chi connectivity index (χ0v) is 10.4. The van der Waals surface area contributed by atoms with Crippen LogP contribution >= 0.6 is 0 Å². The number of hydrogen-bond donors (Lipinski definition) is 1. The van der Waals surface area contributed by atoms with E-state index in [2.05, 4.69) is 27.5 Å². The lowest BCUT2D eigenvalue weighted by molar-refractivity contribution is 0.175. The van der Waals surface area contributed by atoms with Crippen molar-refractivity contribution >= 4 is 0 Å². The van der Waals surface area contributed by atoms with Gasteiger partial charge < -0.3 is 5.11 Å². The third-order valence-electron chi connectivity index (χ3n) is 3.43. The largest absolute Gasteiger partial charge is 0.388 e. The van der Waals surface area contributed by atoms with Crippen LogP contribution in [-0.2, 0) is 26.3 Å². The van der Waals surface area contributed by atoms with Crippen molar-refractivity contribution in [1.29, 1.82) is 0 Å².